The third-order valence-electron chi connectivity index (χ3n) is 5.73. The molecule has 3 N–H and O–H groups in total. The standard InChI is InChI=1S/C23H26N4O4/c1-14-4-3-5-15(2)27(14)21(28)13-31-18-9-6-16(7-10-18)22(29)24-17-8-11-19-20(12-17)26-23(30)25-19/h6-12,14-15H,3-5,13H2,1-2H3,(H,24,29)(H2,25,26,30). The summed E-state index contributed by atoms with van der Waals surface area (Å²) in [6, 6.07) is 12.3. The van der Waals surface area contributed by atoms with Crippen LogP contribution in [0, 0.1) is 0 Å². The van der Waals surface area contributed by atoms with Crippen LogP contribution in [0.2, 0.25) is 0 Å². The van der Waals surface area contributed by atoms with Gasteiger partial charge in [0.15, 0.2) is 6.61 Å². The predicted molar refractivity (Wildman–Crippen MR) is 118 cm³/mol. The Morgan fingerprint density at radius 1 is 1.03 bits per heavy atom. The summed E-state index contributed by atoms with van der Waals surface area (Å²) < 4.78 is 5.66. The van der Waals surface area contributed by atoms with Crippen molar-refractivity contribution in [3.63, 3.8) is 0 Å². The molecule has 0 aliphatic carbocycles. The van der Waals surface area contributed by atoms with Crippen molar-refractivity contribution < 1.29 is 14.3 Å². The van der Waals surface area contributed by atoms with E-state index in [1.807, 2.05) is 4.90 Å². The molecule has 162 valence electrons. The van der Waals surface area contributed by atoms with Crippen molar-refractivity contribution in [3.8, 4) is 5.75 Å². The van der Waals surface area contributed by atoms with Crippen LogP contribution in [-0.4, -0.2) is 45.4 Å². The van der Waals surface area contributed by atoms with Crippen molar-refractivity contribution in [1.29, 1.82) is 0 Å². The highest BCUT2D eigenvalue weighted by molar-refractivity contribution is 6.05. The van der Waals surface area contributed by atoms with Gasteiger partial charge in [0.1, 0.15) is 5.75 Å². The SMILES string of the molecule is CC1CCCC(C)N1C(=O)COc1ccc(C(=O)Nc2ccc3[nH]c(=O)[nH]c3c2)cc1. The molecule has 0 bridgehead atoms. The molecule has 1 aliphatic rings. The highest BCUT2D eigenvalue weighted by Gasteiger charge is 2.28. The molecule has 2 amide bonds. The smallest absolute Gasteiger partial charge is 0.323 e. The lowest BCUT2D eigenvalue weighted by atomic mass is 9.97. The van der Waals surface area contributed by atoms with Crippen LogP contribution in [-0.2, 0) is 4.79 Å². The zero-order valence-corrected chi connectivity index (χ0v) is 17.6. The Kier molecular flexibility index (Phi) is 5.79. The van der Waals surface area contributed by atoms with E-state index in [1.165, 1.54) is 0 Å². The number of hydrogen-bond donors (Lipinski definition) is 3. The first-order valence-corrected chi connectivity index (χ1v) is 10.5. The van der Waals surface area contributed by atoms with Crippen molar-refractivity contribution in [1.82, 2.24) is 14.9 Å². The molecular formula is C23H26N4O4. The largest absolute Gasteiger partial charge is 0.484 e. The summed E-state index contributed by atoms with van der Waals surface area (Å²) in [7, 11) is 0. The number of imidazole rings is 1. The number of likely N-dealkylation sites (tertiary alicyclic amines) is 1. The number of carbonyl (C=O) groups is 2. The van der Waals surface area contributed by atoms with Crippen molar-refractivity contribution in [2.75, 3.05) is 11.9 Å². The molecule has 2 heterocycles. The number of aromatic nitrogens is 2. The molecule has 1 aromatic heterocycles. The molecule has 3 aromatic rings. The van der Waals surface area contributed by atoms with Gasteiger partial charge in [0.2, 0.25) is 0 Å². The Morgan fingerprint density at radius 3 is 2.42 bits per heavy atom. The number of nitrogens with zero attached hydrogens (tertiary/aromatic N) is 1. The van der Waals surface area contributed by atoms with E-state index in [1.54, 1.807) is 42.5 Å². The number of aromatic amines is 2. The normalized spacial score (nSPS) is 18.7. The molecule has 1 saturated heterocycles. The average molecular weight is 422 g/mol. The van der Waals surface area contributed by atoms with Gasteiger partial charge >= 0.3 is 5.69 Å². The lowest BCUT2D eigenvalue weighted by Crippen LogP contribution is -2.49. The summed E-state index contributed by atoms with van der Waals surface area (Å²) in [4.78, 5) is 43.7. The Bertz CT molecular complexity index is 1140. The summed E-state index contributed by atoms with van der Waals surface area (Å²) in [6.07, 6.45) is 3.19. The molecule has 8 nitrogen and oxygen atoms in total. The molecule has 2 aromatic carbocycles. The first-order valence-electron chi connectivity index (χ1n) is 10.5. The number of anilines is 1. The number of piperidine rings is 1. The van der Waals surface area contributed by atoms with Gasteiger partial charge in [-0.2, -0.15) is 0 Å². The van der Waals surface area contributed by atoms with E-state index in [0.717, 1.165) is 19.3 Å². The Labute approximate surface area is 179 Å². The van der Waals surface area contributed by atoms with Crippen molar-refractivity contribution in [2.45, 2.75) is 45.2 Å². The quantitative estimate of drug-likeness (QED) is 0.586. The van der Waals surface area contributed by atoms with Gasteiger partial charge < -0.3 is 24.9 Å². The summed E-state index contributed by atoms with van der Waals surface area (Å²) in [5.74, 6) is 0.240. The highest BCUT2D eigenvalue weighted by atomic mass is 16.5. The fourth-order valence-corrected chi connectivity index (χ4v) is 4.15. The minimum absolute atomic E-state index is 0.0142. The van der Waals surface area contributed by atoms with Gasteiger partial charge in [-0.25, -0.2) is 4.79 Å². The molecule has 0 radical (unpaired) electrons. The third-order valence-corrected chi connectivity index (χ3v) is 5.73. The van der Waals surface area contributed by atoms with Crippen LogP contribution in [0.3, 0.4) is 0 Å². The second kappa shape index (κ2) is 8.67. The minimum Gasteiger partial charge on any atom is -0.484 e. The molecular weight excluding hydrogens is 396 g/mol. The molecule has 4 rings (SSSR count). The van der Waals surface area contributed by atoms with E-state index >= 15 is 0 Å². The zero-order chi connectivity index (χ0) is 22.0. The number of benzene rings is 2. The van der Waals surface area contributed by atoms with Gasteiger partial charge in [0.05, 0.1) is 11.0 Å². The van der Waals surface area contributed by atoms with E-state index in [9.17, 15) is 14.4 Å². The van der Waals surface area contributed by atoms with Crippen molar-refractivity contribution in [2.24, 2.45) is 0 Å². The Morgan fingerprint density at radius 2 is 1.71 bits per heavy atom. The summed E-state index contributed by atoms with van der Waals surface area (Å²) in [6.45, 7) is 4.13. The number of hydrogen-bond acceptors (Lipinski definition) is 4. The summed E-state index contributed by atoms with van der Waals surface area (Å²) in [5, 5.41) is 2.81. The van der Waals surface area contributed by atoms with Gasteiger partial charge in [0.25, 0.3) is 11.8 Å². The Balaban J connectivity index is 1.35. The third kappa shape index (κ3) is 4.63. The van der Waals surface area contributed by atoms with E-state index in [0.29, 0.717) is 28.0 Å². The monoisotopic (exact) mass is 422 g/mol. The number of H-pyrrole nitrogens is 2. The second-order valence-corrected chi connectivity index (χ2v) is 8.04. The van der Waals surface area contributed by atoms with Crippen molar-refractivity contribution in [3.05, 3.63) is 58.5 Å². The van der Waals surface area contributed by atoms with Crippen molar-refractivity contribution >= 4 is 28.5 Å². The number of fused-ring (bicyclic) bond motifs is 1. The van der Waals surface area contributed by atoms with E-state index in [4.69, 9.17) is 4.74 Å². The van der Waals surface area contributed by atoms with E-state index in [2.05, 4.69) is 29.1 Å². The molecule has 2 unspecified atom stereocenters. The van der Waals surface area contributed by atoms with E-state index < -0.39 is 0 Å². The van der Waals surface area contributed by atoms with Crippen LogP contribution in [0.5, 0.6) is 5.75 Å². The second-order valence-electron chi connectivity index (χ2n) is 8.04. The maximum atomic E-state index is 12.6. The molecule has 8 heteroatoms. The van der Waals surface area contributed by atoms with Gasteiger partial charge in [-0.1, -0.05) is 0 Å². The van der Waals surface area contributed by atoms with E-state index in [-0.39, 0.29) is 36.2 Å². The van der Waals surface area contributed by atoms with Crippen LogP contribution in [0.4, 0.5) is 5.69 Å². The molecule has 0 saturated carbocycles. The van der Waals surface area contributed by atoms with Crippen LogP contribution in [0.25, 0.3) is 11.0 Å². The molecule has 0 spiro atoms. The van der Waals surface area contributed by atoms with Gasteiger partial charge in [-0.05, 0) is 75.6 Å². The number of nitrogens with one attached hydrogen (secondary N) is 3. The maximum absolute atomic E-state index is 12.6. The summed E-state index contributed by atoms with van der Waals surface area (Å²) in [5.41, 5.74) is 2.03. The fraction of sp³-hybridized carbons (Fsp3) is 0.348. The summed E-state index contributed by atoms with van der Waals surface area (Å²) >= 11 is 0. The molecule has 2 atom stereocenters. The van der Waals surface area contributed by atoms with Crippen LogP contribution in [0.1, 0.15) is 43.5 Å². The first-order chi connectivity index (χ1) is 14.9. The highest BCUT2D eigenvalue weighted by Crippen LogP contribution is 2.23. The minimum atomic E-state index is -0.295. The van der Waals surface area contributed by atoms with Gasteiger partial charge in [0, 0.05) is 23.3 Å². The molecule has 1 aliphatic heterocycles. The number of ether oxygens (including phenoxy) is 1. The topological polar surface area (TPSA) is 107 Å². The Hall–Kier alpha value is -3.55. The van der Waals surface area contributed by atoms with Crippen LogP contribution in [0.15, 0.2) is 47.3 Å². The molecule has 31 heavy (non-hydrogen) atoms. The fourth-order valence-electron chi connectivity index (χ4n) is 4.15. The number of rotatable bonds is 5. The number of amides is 2. The maximum Gasteiger partial charge on any atom is 0.323 e. The van der Waals surface area contributed by atoms with Gasteiger partial charge in [-0.3, -0.25) is 9.59 Å². The van der Waals surface area contributed by atoms with Crippen LogP contribution >= 0.6 is 0 Å². The lowest BCUT2D eigenvalue weighted by molar-refractivity contribution is -0.139. The lowest BCUT2D eigenvalue weighted by Gasteiger charge is -2.38. The van der Waals surface area contributed by atoms with Gasteiger partial charge in [-0.15, -0.1) is 0 Å². The zero-order valence-electron chi connectivity index (χ0n) is 17.6. The average Bonchev–Trinajstić information content (AvgIpc) is 3.11. The number of carbonyl (C=O) groups excluding carboxylic acids is 2. The van der Waals surface area contributed by atoms with Crippen LogP contribution < -0.4 is 15.7 Å². The molecule has 1 fully saturated rings. The first kappa shape index (κ1) is 20.7. The predicted octanol–water partition coefficient (Wildman–Crippen LogP) is 3.28.